The maximum Gasteiger partial charge on any atom is 0.306 e. The predicted octanol–water partition coefficient (Wildman–Crippen LogP) is 6.33. The molecule has 0 saturated heterocycles. The molecule has 2 N–H and O–H groups in total. The van der Waals surface area contributed by atoms with Gasteiger partial charge in [0.05, 0.1) is 27.6 Å². The number of aliphatic carboxylic acids is 1. The van der Waals surface area contributed by atoms with Crippen molar-refractivity contribution in [1.82, 2.24) is 0 Å². The Hall–Kier alpha value is -0.870. The third-order valence-electron chi connectivity index (χ3n) is 5.40. The standard InChI is InChI=1S/C25H49NO3/c1-5-6-7-8-9-10-11-12-13-14-15-16-17-18-19-20-21-25(29,22-24(27)28)23-26(2,3)4/h10-11,29H,5-9,12-23H2,1-4H3/p+1/b11-10+. The zero-order chi connectivity index (χ0) is 22.0. The minimum atomic E-state index is -1.09. The number of unbranched alkanes of at least 4 members (excludes halogenated alkanes) is 12. The van der Waals surface area contributed by atoms with Crippen LogP contribution in [0.15, 0.2) is 12.2 Å². The maximum atomic E-state index is 11.1. The van der Waals surface area contributed by atoms with Crippen LogP contribution in [0.2, 0.25) is 0 Å². The molecule has 0 bridgehead atoms. The van der Waals surface area contributed by atoms with Crippen molar-refractivity contribution >= 4 is 5.97 Å². The summed E-state index contributed by atoms with van der Waals surface area (Å²) in [6.07, 6.45) is 22.7. The number of likely N-dealkylation sites (N-methyl/N-ethyl adjacent to an activating group) is 1. The molecule has 0 aliphatic heterocycles. The van der Waals surface area contributed by atoms with E-state index in [2.05, 4.69) is 19.1 Å². The molecule has 4 nitrogen and oxygen atoms in total. The fourth-order valence-electron chi connectivity index (χ4n) is 4.09. The van der Waals surface area contributed by atoms with E-state index in [1.165, 1.54) is 77.0 Å². The number of hydrogen-bond donors (Lipinski definition) is 2. The van der Waals surface area contributed by atoms with Gasteiger partial charge >= 0.3 is 5.97 Å². The first-order chi connectivity index (χ1) is 13.7. The van der Waals surface area contributed by atoms with Crippen LogP contribution in [-0.2, 0) is 4.79 Å². The van der Waals surface area contributed by atoms with Crippen LogP contribution < -0.4 is 0 Å². The van der Waals surface area contributed by atoms with Crippen LogP contribution in [0.4, 0.5) is 0 Å². The first-order valence-electron chi connectivity index (χ1n) is 12.1. The van der Waals surface area contributed by atoms with Crippen LogP contribution in [-0.4, -0.2) is 54.0 Å². The number of allylic oxidation sites excluding steroid dienone is 2. The summed E-state index contributed by atoms with van der Waals surface area (Å²) in [5.41, 5.74) is -1.09. The lowest BCUT2D eigenvalue weighted by Gasteiger charge is -2.34. The lowest BCUT2D eigenvalue weighted by atomic mass is 9.91. The molecule has 0 aliphatic rings. The van der Waals surface area contributed by atoms with E-state index < -0.39 is 11.6 Å². The van der Waals surface area contributed by atoms with Crippen molar-refractivity contribution in [3.8, 4) is 0 Å². The summed E-state index contributed by atoms with van der Waals surface area (Å²) in [5, 5.41) is 19.8. The van der Waals surface area contributed by atoms with Gasteiger partial charge in [0.2, 0.25) is 0 Å². The Bertz CT molecular complexity index is 428. The topological polar surface area (TPSA) is 57.5 Å². The molecule has 0 aromatic heterocycles. The molecule has 0 spiro atoms. The number of carboxylic acids is 1. The molecule has 0 aromatic carbocycles. The summed E-state index contributed by atoms with van der Waals surface area (Å²) in [5.74, 6) is -0.910. The first kappa shape index (κ1) is 28.1. The number of nitrogens with zero attached hydrogens (tertiary/aromatic N) is 1. The van der Waals surface area contributed by atoms with Gasteiger partial charge in [0.15, 0.2) is 0 Å². The van der Waals surface area contributed by atoms with Crippen molar-refractivity contribution in [2.24, 2.45) is 0 Å². The van der Waals surface area contributed by atoms with Gasteiger partial charge < -0.3 is 14.7 Å². The summed E-state index contributed by atoms with van der Waals surface area (Å²) in [6, 6.07) is 0. The third-order valence-corrected chi connectivity index (χ3v) is 5.40. The summed E-state index contributed by atoms with van der Waals surface area (Å²) in [4.78, 5) is 11.1. The van der Waals surface area contributed by atoms with Crippen molar-refractivity contribution in [3.63, 3.8) is 0 Å². The average molecular weight is 413 g/mol. The Balaban J connectivity index is 3.64. The molecule has 0 amide bonds. The Morgan fingerprint density at radius 1 is 0.793 bits per heavy atom. The Kier molecular flexibility index (Phi) is 16.4. The summed E-state index contributed by atoms with van der Waals surface area (Å²) < 4.78 is 0.581. The highest BCUT2D eigenvalue weighted by Gasteiger charge is 2.35. The number of carbonyl (C=O) groups is 1. The van der Waals surface area contributed by atoms with Crippen LogP contribution in [0, 0.1) is 0 Å². The van der Waals surface area contributed by atoms with Gasteiger partial charge in [-0.25, -0.2) is 0 Å². The van der Waals surface area contributed by atoms with Gasteiger partial charge in [0.25, 0.3) is 0 Å². The van der Waals surface area contributed by atoms with E-state index in [4.69, 9.17) is 5.11 Å². The number of hydrogen-bond acceptors (Lipinski definition) is 2. The number of quaternary nitrogens is 1. The van der Waals surface area contributed by atoms with Gasteiger partial charge in [0, 0.05) is 0 Å². The van der Waals surface area contributed by atoms with Gasteiger partial charge in [-0.1, -0.05) is 83.3 Å². The monoisotopic (exact) mass is 412 g/mol. The van der Waals surface area contributed by atoms with Crippen molar-refractivity contribution < 1.29 is 19.5 Å². The molecule has 29 heavy (non-hydrogen) atoms. The molecule has 4 heteroatoms. The summed E-state index contributed by atoms with van der Waals surface area (Å²) in [6.45, 7) is 2.73. The molecule has 1 unspecified atom stereocenters. The Morgan fingerprint density at radius 2 is 1.24 bits per heavy atom. The minimum Gasteiger partial charge on any atom is -0.481 e. The molecule has 0 saturated carbocycles. The highest BCUT2D eigenvalue weighted by molar-refractivity contribution is 5.68. The molecule has 172 valence electrons. The highest BCUT2D eigenvalue weighted by atomic mass is 16.4. The van der Waals surface area contributed by atoms with E-state index in [1.807, 2.05) is 21.1 Å². The molecular weight excluding hydrogens is 362 g/mol. The molecule has 0 rings (SSSR count). The Morgan fingerprint density at radius 3 is 1.69 bits per heavy atom. The van der Waals surface area contributed by atoms with E-state index in [0.717, 1.165) is 12.8 Å². The maximum absolute atomic E-state index is 11.1. The van der Waals surface area contributed by atoms with E-state index >= 15 is 0 Å². The van der Waals surface area contributed by atoms with E-state index in [0.29, 0.717) is 17.4 Å². The van der Waals surface area contributed by atoms with Gasteiger partial charge in [-0.05, 0) is 32.1 Å². The van der Waals surface area contributed by atoms with Crippen LogP contribution in [0.5, 0.6) is 0 Å². The SMILES string of the molecule is CCCCCC/C=C/CCCCCCCCCCC(O)(CC(=O)O)C[N+](C)(C)C. The Labute approximate surface area is 181 Å². The highest BCUT2D eigenvalue weighted by Crippen LogP contribution is 2.23. The fraction of sp³-hybridized carbons (Fsp3) is 0.880. The minimum absolute atomic E-state index is 0.157. The van der Waals surface area contributed by atoms with Gasteiger partial charge in [-0.15, -0.1) is 0 Å². The van der Waals surface area contributed by atoms with Crippen LogP contribution in [0.3, 0.4) is 0 Å². The largest absolute Gasteiger partial charge is 0.481 e. The summed E-state index contributed by atoms with van der Waals surface area (Å²) >= 11 is 0. The second kappa shape index (κ2) is 16.9. The molecular formula is C25H50NO3+. The van der Waals surface area contributed by atoms with Crippen LogP contribution in [0.25, 0.3) is 0 Å². The molecule has 0 aliphatic carbocycles. The second-order valence-corrected chi connectivity index (χ2v) is 9.93. The number of aliphatic hydroxyl groups is 1. The number of rotatable bonds is 20. The normalized spacial score (nSPS) is 14.4. The van der Waals surface area contributed by atoms with Gasteiger partial charge in [0.1, 0.15) is 12.1 Å². The van der Waals surface area contributed by atoms with E-state index in [9.17, 15) is 9.90 Å². The number of carboxylic acid groups (broad SMARTS) is 1. The van der Waals surface area contributed by atoms with Crippen molar-refractivity contribution in [1.29, 1.82) is 0 Å². The predicted molar refractivity (Wildman–Crippen MR) is 124 cm³/mol. The summed E-state index contributed by atoms with van der Waals surface area (Å²) in [7, 11) is 5.99. The van der Waals surface area contributed by atoms with Gasteiger partial charge in [-0.3, -0.25) is 4.79 Å². The van der Waals surface area contributed by atoms with Crippen molar-refractivity contribution in [3.05, 3.63) is 12.2 Å². The zero-order valence-corrected chi connectivity index (χ0v) is 19.9. The quantitative estimate of drug-likeness (QED) is 0.140. The second-order valence-electron chi connectivity index (χ2n) is 9.93. The van der Waals surface area contributed by atoms with Gasteiger partial charge in [-0.2, -0.15) is 0 Å². The van der Waals surface area contributed by atoms with Crippen molar-refractivity contribution in [2.75, 3.05) is 27.7 Å². The van der Waals surface area contributed by atoms with E-state index in [-0.39, 0.29) is 6.42 Å². The smallest absolute Gasteiger partial charge is 0.306 e. The molecule has 0 fully saturated rings. The van der Waals surface area contributed by atoms with Crippen molar-refractivity contribution in [2.45, 2.75) is 115 Å². The fourth-order valence-corrected chi connectivity index (χ4v) is 4.09. The van der Waals surface area contributed by atoms with Crippen LogP contribution >= 0.6 is 0 Å². The molecule has 0 radical (unpaired) electrons. The average Bonchev–Trinajstić information content (AvgIpc) is 2.59. The molecule has 0 heterocycles. The lowest BCUT2D eigenvalue weighted by molar-refractivity contribution is -0.877. The zero-order valence-electron chi connectivity index (χ0n) is 19.9. The molecule has 1 atom stereocenters. The van der Waals surface area contributed by atoms with E-state index in [1.54, 1.807) is 0 Å². The molecule has 0 aromatic rings. The lowest BCUT2D eigenvalue weighted by Crippen LogP contribution is -2.50. The van der Waals surface area contributed by atoms with Crippen LogP contribution in [0.1, 0.15) is 110 Å². The third kappa shape index (κ3) is 20.2. The first-order valence-corrected chi connectivity index (χ1v) is 12.1.